The summed E-state index contributed by atoms with van der Waals surface area (Å²) in [5, 5.41) is 12.0. The molecule has 1 aliphatic rings. The van der Waals surface area contributed by atoms with E-state index in [9.17, 15) is 21.6 Å². The Morgan fingerprint density at radius 3 is 2.71 bits per heavy atom. The Hall–Kier alpha value is -1.63. The van der Waals surface area contributed by atoms with Crippen LogP contribution in [0.3, 0.4) is 0 Å². The van der Waals surface area contributed by atoms with E-state index in [1.807, 2.05) is 0 Å². The van der Waals surface area contributed by atoms with Crippen LogP contribution in [0.2, 0.25) is 0 Å². The van der Waals surface area contributed by atoms with Crippen LogP contribution in [0.5, 0.6) is 0 Å². The lowest BCUT2D eigenvalue weighted by Gasteiger charge is -2.22. The van der Waals surface area contributed by atoms with Gasteiger partial charge in [-0.05, 0) is 56.5 Å². The highest BCUT2D eigenvalue weighted by molar-refractivity contribution is 7.89. The zero-order chi connectivity index (χ0) is 17.8. The number of sulfonamides is 1. The molecule has 5 nitrogen and oxygen atoms in total. The monoisotopic (exact) mass is 361 g/mol. The minimum atomic E-state index is -4.79. The Kier molecular flexibility index (Phi) is 5.85. The van der Waals surface area contributed by atoms with Crippen molar-refractivity contribution in [2.75, 3.05) is 19.6 Å². The van der Waals surface area contributed by atoms with Gasteiger partial charge in [0.15, 0.2) is 0 Å². The number of nitriles is 1. The van der Waals surface area contributed by atoms with Crippen LogP contribution < -0.4 is 10.0 Å². The summed E-state index contributed by atoms with van der Waals surface area (Å²) >= 11 is 0. The van der Waals surface area contributed by atoms with Crippen molar-refractivity contribution < 1.29 is 21.6 Å². The molecule has 1 aliphatic heterocycles. The van der Waals surface area contributed by atoms with Gasteiger partial charge in [0.05, 0.1) is 22.1 Å². The largest absolute Gasteiger partial charge is 0.417 e. The van der Waals surface area contributed by atoms with E-state index >= 15 is 0 Å². The molecule has 1 heterocycles. The summed E-state index contributed by atoms with van der Waals surface area (Å²) in [4.78, 5) is -0.490. The Morgan fingerprint density at radius 1 is 1.38 bits per heavy atom. The van der Waals surface area contributed by atoms with Gasteiger partial charge in [0.25, 0.3) is 0 Å². The Morgan fingerprint density at radius 2 is 2.12 bits per heavy atom. The van der Waals surface area contributed by atoms with Crippen molar-refractivity contribution in [3.8, 4) is 6.07 Å². The van der Waals surface area contributed by atoms with Gasteiger partial charge in [0, 0.05) is 6.54 Å². The Bertz CT molecular complexity index is 720. The smallest absolute Gasteiger partial charge is 0.316 e. The molecule has 0 spiro atoms. The highest BCUT2D eigenvalue weighted by Crippen LogP contribution is 2.33. The molecule has 9 heteroatoms. The SMILES string of the molecule is N#Cc1ccc(S(=O)(=O)NCCC2CCCNC2)cc1C(F)(F)F. The second-order valence-electron chi connectivity index (χ2n) is 5.72. The molecule has 0 saturated carbocycles. The summed E-state index contributed by atoms with van der Waals surface area (Å²) in [6.45, 7) is 1.93. The van der Waals surface area contributed by atoms with Gasteiger partial charge in [0.1, 0.15) is 0 Å². The number of piperidine rings is 1. The minimum absolute atomic E-state index is 0.163. The van der Waals surface area contributed by atoms with Gasteiger partial charge >= 0.3 is 6.18 Å². The van der Waals surface area contributed by atoms with Gasteiger partial charge in [-0.1, -0.05) is 0 Å². The van der Waals surface area contributed by atoms with Crippen LogP contribution in [-0.2, 0) is 16.2 Å². The number of benzene rings is 1. The molecule has 2 N–H and O–H groups in total. The molecule has 1 unspecified atom stereocenters. The topological polar surface area (TPSA) is 82.0 Å². The molecule has 0 aromatic heterocycles. The van der Waals surface area contributed by atoms with Crippen LogP contribution in [0.15, 0.2) is 23.1 Å². The number of alkyl halides is 3. The van der Waals surface area contributed by atoms with E-state index in [0.717, 1.165) is 38.1 Å². The molecule has 1 aromatic carbocycles. The van der Waals surface area contributed by atoms with E-state index in [1.54, 1.807) is 0 Å². The maximum absolute atomic E-state index is 12.9. The maximum atomic E-state index is 12.9. The van der Waals surface area contributed by atoms with Crippen molar-refractivity contribution >= 4 is 10.0 Å². The van der Waals surface area contributed by atoms with Crippen molar-refractivity contribution in [3.63, 3.8) is 0 Å². The third-order valence-corrected chi connectivity index (χ3v) is 5.43. The van der Waals surface area contributed by atoms with Crippen molar-refractivity contribution in [3.05, 3.63) is 29.3 Å². The van der Waals surface area contributed by atoms with E-state index in [1.165, 1.54) is 6.07 Å². The Labute approximate surface area is 138 Å². The molecule has 132 valence electrons. The fourth-order valence-corrected chi connectivity index (χ4v) is 3.75. The van der Waals surface area contributed by atoms with Crippen molar-refractivity contribution in [2.45, 2.75) is 30.3 Å². The molecular weight excluding hydrogens is 343 g/mol. The van der Waals surface area contributed by atoms with Crippen LogP contribution in [-0.4, -0.2) is 28.1 Å². The van der Waals surface area contributed by atoms with Crippen LogP contribution in [0, 0.1) is 17.2 Å². The Balaban J connectivity index is 2.10. The van der Waals surface area contributed by atoms with Gasteiger partial charge in [-0.25, -0.2) is 13.1 Å². The van der Waals surface area contributed by atoms with Gasteiger partial charge in [0.2, 0.25) is 10.0 Å². The third-order valence-electron chi connectivity index (χ3n) is 3.97. The summed E-state index contributed by atoms with van der Waals surface area (Å²) in [5.74, 6) is 0.355. The molecule has 0 aliphatic carbocycles. The number of hydrogen-bond donors (Lipinski definition) is 2. The zero-order valence-corrected chi connectivity index (χ0v) is 13.7. The number of hydrogen-bond acceptors (Lipinski definition) is 4. The summed E-state index contributed by atoms with van der Waals surface area (Å²) in [6.07, 6.45) is -2.13. The molecule has 1 aromatic rings. The van der Waals surface area contributed by atoms with Gasteiger partial charge in [-0.2, -0.15) is 18.4 Å². The molecule has 24 heavy (non-hydrogen) atoms. The highest BCUT2D eigenvalue weighted by atomic mass is 32.2. The predicted molar refractivity (Wildman–Crippen MR) is 81.6 cm³/mol. The lowest BCUT2D eigenvalue weighted by molar-refractivity contribution is -0.137. The van der Waals surface area contributed by atoms with E-state index in [0.29, 0.717) is 18.4 Å². The number of nitrogens with one attached hydrogen (secondary N) is 2. The maximum Gasteiger partial charge on any atom is 0.417 e. The number of nitrogens with zero attached hydrogens (tertiary/aromatic N) is 1. The van der Waals surface area contributed by atoms with Crippen LogP contribution >= 0.6 is 0 Å². The minimum Gasteiger partial charge on any atom is -0.316 e. The second kappa shape index (κ2) is 7.51. The normalized spacial score (nSPS) is 19.0. The number of halogens is 3. The lowest BCUT2D eigenvalue weighted by atomic mass is 9.96. The molecule has 1 fully saturated rings. The lowest BCUT2D eigenvalue weighted by Crippen LogP contribution is -2.33. The van der Waals surface area contributed by atoms with Gasteiger partial charge in [-0.3, -0.25) is 0 Å². The summed E-state index contributed by atoms with van der Waals surface area (Å²) in [6, 6.07) is 3.82. The third kappa shape index (κ3) is 4.69. The predicted octanol–water partition coefficient (Wildman–Crippen LogP) is 2.25. The molecule has 2 rings (SSSR count). The van der Waals surface area contributed by atoms with E-state index in [2.05, 4.69) is 10.0 Å². The first kappa shape index (κ1) is 18.7. The van der Waals surface area contributed by atoms with Crippen molar-refractivity contribution in [2.24, 2.45) is 5.92 Å². The molecule has 0 amide bonds. The standard InChI is InChI=1S/C15H18F3N3O2S/c16-15(17,18)14-8-13(4-3-12(14)9-19)24(22,23)21-7-5-11-2-1-6-20-10-11/h3-4,8,11,20-21H,1-2,5-7,10H2. The van der Waals surface area contributed by atoms with Crippen LogP contribution in [0.25, 0.3) is 0 Å². The number of rotatable bonds is 5. The molecule has 1 saturated heterocycles. The first-order valence-corrected chi connectivity index (χ1v) is 9.04. The first-order chi connectivity index (χ1) is 11.2. The van der Waals surface area contributed by atoms with Crippen LogP contribution in [0.4, 0.5) is 13.2 Å². The van der Waals surface area contributed by atoms with Crippen molar-refractivity contribution in [1.82, 2.24) is 10.0 Å². The van der Waals surface area contributed by atoms with E-state index in [-0.39, 0.29) is 6.54 Å². The first-order valence-electron chi connectivity index (χ1n) is 7.56. The van der Waals surface area contributed by atoms with Crippen LogP contribution in [0.1, 0.15) is 30.4 Å². The molecule has 1 atom stereocenters. The fourth-order valence-electron chi connectivity index (χ4n) is 2.67. The summed E-state index contributed by atoms with van der Waals surface area (Å²) in [5.41, 5.74) is -1.85. The van der Waals surface area contributed by atoms with Crippen molar-refractivity contribution in [1.29, 1.82) is 5.26 Å². The quantitative estimate of drug-likeness (QED) is 0.843. The average molecular weight is 361 g/mol. The fraction of sp³-hybridized carbons (Fsp3) is 0.533. The molecule has 0 radical (unpaired) electrons. The zero-order valence-electron chi connectivity index (χ0n) is 12.9. The van der Waals surface area contributed by atoms with Gasteiger partial charge in [-0.15, -0.1) is 0 Å². The average Bonchev–Trinajstić information content (AvgIpc) is 2.54. The van der Waals surface area contributed by atoms with Gasteiger partial charge < -0.3 is 5.32 Å². The molecule has 0 bridgehead atoms. The van der Waals surface area contributed by atoms with E-state index in [4.69, 9.17) is 5.26 Å². The molecular formula is C15H18F3N3O2S. The highest BCUT2D eigenvalue weighted by Gasteiger charge is 2.35. The second-order valence-corrected chi connectivity index (χ2v) is 7.48. The summed E-state index contributed by atoms with van der Waals surface area (Å²) < 4.78 is 65.5. The van der Waals surface area contributed by atoms with E-state index < -0.39 is 32.2 Å². The summed E-state index contributed by atoms with van der Waals surface area (Å²) in [7, 11) is -4.05.